The molecule has 0 unspecified atom stereocenters. The van der Waals surface area contributed by atoms with E-state index in [2.05, 4.69) is 0 Å². The Morgan fingerprint density at radius 2 is 2.11 bits per heavy atom. The normalized spacial score (nSPS) is 15.8. The largest absolute Gasteiger partial charge is 0.497 e. The van der Waals surface area contributed by atoms with Crippen molar-refractivity contribution in [2.24, 2.45) is 0 Å². The van der Waals surface area contributed by atoms with Crippen LogP contribution in [0.3, 0.4) is 0 Å². The lowest BCUT2D eigenvalue weighted by molar-refractivity contribution is 0.415. The van der Waals surface area contributed by atoms with Crippen LogP contribution < -0.4 is 10.5 Å². The third-order valence-corrected chi connectivity index (χ3v) is 4.76. The van der Waals surface area contributed by atoms with E-state index in [1.807, 2.05) is 24.3 Å². The highest BCUT2D eigenvalue weighted by molar-refractivity contribution is 7.16. The van der Waals surface area contributed by atoms with Gasteiger partial charge >= 0.3 is 0 Å². The van der Waals surface area contributed by atoms with Crippen molar-refractivity contribution in [2.75, 3.05) is 12.8 Å². The van der Waals surface area contributed by atoms with Gasteiger partial charge in [-0.3, -0.25) is 0 Å². The number of thiazole rings is 1. The molecule has 0 amide bonds. The second kappa shape index (κ2) is 5.21. The summed E-state index contributed by atoms with van der Waals surface area (Å²) in [5.74, 6) is 1.46. The van der Waals surface area contributed by atoms with Crippen LogP contribution in [0.25, 0.3) is 11.3 Å². The summed E-state index contributed by atoms with van der Waals surface area (Å²) in [4.78, 5) is 4.78. The Morgan fingerprint density at radius 3 is 2.84 bits per heavy atom. The molecule has 2 N–H and O–H groups in total. The summed E-state index contributed by atoms with van der Waals surface area (Å²) in [5.41, 5.74) is 8.10. The van der Waals surface area contributed by atoms with Gasteiger partial charge in [-0.15, -0.1) is 11.3 Å². The number of methoxy groups -OCH3 is 1. The summed E-state index contributed by atoms with van der Waals surface area (Å²) in [6.07, 6.45) is 5.15. The number of nitrogens with two attached hydrogens (primary N) is 1. The lowest BCUT2D eigenvalue weighted by Crippen LogP contribution is -1.91. The predicted octanol–water partition coefficient (Wildman–Crippen LogP) is 4.06. The summed E-state index contributed by atoms with van der Waals surface area (Å²) in [6.45, 7) is 0. The van der Waals surface area contributed by atoms with Gasteiger partial charge in [0.2, 0.25) is 0 Å². The number of nitrogen functional groups attached to an aromatic ring is 1. The SMILES string of the molecule is COc1cccc(-c2nc(C3CCCC3)sc2N)c1. The molecule has 1 heterocycles. The molecule has 0 saturated heterocycles. The molecule has 0 bridgehead atoms. The van der Waals surface area contributed by atoms with E-state index in [1.54, 1.807) is 18.4 Å². The summed E-state index contributed by atoms with van der Waals surface area (Å²) in [5, 5.41) is 2.02. The fourth-order valence-corrected chi connectivity index (χ4v) is 3.70. The standard InChI is InChI=1S/C15H18N2OS/c1-18-12-8-4-7-11(9-12)13-14(16)19-15(17-13)10-5-2-3-6-10/h4,7-10H,2-3,5-6,16H2,1H3. The zero-order valence-electron chi connectivity index (χ0n) is 11.1. The Bertz CT molecular complexity index is 573. The topological polar surface area (TPSA) is 48.1 Å². The monoisotopic (exact) mass is 274 g/mol. The Morgan fingerprint density at radius 1 is 1.32 bits per heavy atom. The first-order valence-corrected chi connectivity index (χ1v) is 7.50. The molecule has 1 fully saturated rings. The zero-order chi connectivity index (χ0) is 13.2. The third-order valence-electron chi connectivity index (χ3n) is 3.72. The van der Waals surface area contributed by atoms with E-state index in [9.17, 15) is 0 Å². The van der Waals surface area contributed by atoms with Gasteiger partial charge in [-0.2, -0.15) is 0 Å². The van der Waals surface area contributed by atoms with Gasteiger partial charge in [0.25, 0.3) is 0 Å². The highest BCUT2D eigenvalue weighted by atomic mass is 32.1. The van der Waals surface area contributed by atoms with E-state index in [-0.39, 0.29) is 0 Å². The third kappa shape index (κ3) is 2.45. The van der Waals surface area contributed by atoms with Gasteiger partial charge in [0.05, 0.1) is 12.1 Å². The van der Waals surface area contributed by atoms with Crippen LogP contribution in [0, 0.1) is 0 Å². The molecule has 1 aromatic carbocycles. The van der Waals surface area contributed by atoms with Crippen LogP contribution in [0.4, 0.5) is 5.00 Å². The molecule has 0 aliphatic heterocycles. The molecule has 3 nitrogen and oxygen atoms in total. The van der Waals surface area contributed by atoms with Crippen molar-refractivity contribution < 1.29 is 4.74 Å². The number of hydrogen-bond acceptors (Lipinski definition) is 4. The lowest BCUT2D eigenvalue weighted by atomic mass is 10.1. The minimum atomic E-state index is 0.617. The van der Waals surface area contributed by atoms with Crippen LogP contribution in [0.5, 0.6) is 5.75 Å². The first kappa shape index (κ1) is 12.5. The second-order valence-corrected chi connectivity index (χ2v) is 6.04. The smallest absolute Gasteiger partial charge is 0.119 e. The molecular weight excluding hydrogens is 256 g/mol. The summed E-state index contributed by atoms with van der Waals surface area (Å²) in [7, 11) is 1.67. The first-order chi connectivity index (χ1) is 9.28. The fourth-order valence-electron chi connectivity index (χ4n) is 2.67. The molecule has 1 aliphatic carbocycles. The minimum absolute atomic E-state index is 0.617. The van der Waals surface area contributed by atoms with E-state index in [0.717, 1.165) is 22.0 Å². The molecule has 0 radical (unpaired) electrons. The van der Waals surface area contributed by atoms with Crippen LogP contribution in [0.2, 0.25) is 0 Å². The highest BCUT2D eigenvalue weighted by Gasteiger charge is 2.22. The number of hydrogen-bond donors (Lipinski definition) is 1. The van der Waals surface area contributed by atoms with Gasteiger partial charge in [-0.05, 0) is 25.0 Å². The molecule has 1 aliphatic rings. The molecule has 0 spiro atoms. The second-order valence-electron chi connectivity index (χ2n) is 4.98. The van der Waals surface area contributed by atoms with Gasteiger partial charge < -0.3 is 10.5 Å². The van der Waals surface area contributed by atoms with Crippen LogP contribution in [0.15, 0.2) is 24.3 Å². The number of ether oxygens (including phenoxy) is 1. The van der Waals surface area contributed by atoms with E-state index < -0.39 is 0 Å². The van der Waals surface area contributed by atoms with Crippen molar-refractivity contribution in [3.63, 3.8) is 0 Å². The number of rotatable bonds is 3. The van der Waals surface area contributed by atoms with Crippen molar-refractivity contribution in [3.8, 4) is 17.0 Å². The Labute approximate surface area is 117 Å². The molecule has 2 aromatic rings. The number of benzene rings is 1. The molecule has 4 heteroatoms. The maximum absolute atomic E-state index is 6.15. The number of nitrogens with zero attached hydrogens (tertiary/aromatic N) is 1. The molecule has 1 aromatic heterocycles. The van der Waals surface area contributed by atoms with Crippen LogP contribution in [-0.4, -0.2) is 12.1 Å². The Balaban J connectivity index is 1.95. The number of aromatic nitrogens is 1. The molecule has 3 rings (SSSR count). The molecule has 100 valence electrons. The Kier molecular flexibility index (Phi) is 3.42. The summed E-state index contributed by atoms with van der Waals surface area (Å²) >= 11 is 1.65. The van der Waals surface area contributed by atoms with Crippen LogP contribution in [0.1, 0.15) is 36.6 Å². The predicted molar refractivity (Wildman–Crippen MR) is 79.7 cm³/mol. The van der Waals surface area contributed by atoms with Gasteiger partial charge in [0.15, 0.2) is 0 Å². The highest BCUT2D eigenvalue weighted by Crippen LogP contribution is 2.40. The molecule has 19 heavy (non-hydrogen) atoms. The number of anilines is 1. The van der Waals surface area contributed by atoms with Gasteiger partial charge in [-0.25, -0.2) is 4.98 Å². The van der Waals surface area contributed by atoms with E-state index >= 15 is 0 Å². The van der Waals surface area contributed by atoms with Crippen molar-refractivity contribution >= 4 is 16.3 Å². The maximum Gasteiger partial charge on any atom is 0.119 e. The molecular formula is C15H18N2OS. The molecule has 1 saturated carbocycles. The van der Waals surface area contributed by atoms with Crippen molar-refractivity contribution in [2.45, 2.75) is 31.6 Å². The van der Waals surface area contributed by atoms with Gasteiger partial charge in [0.1, 0.15) is 16.4 Å². The maximum atomic E-state index is 6.15. The minimum Gasteiger partial charge on any atom is -0.497 e. The average molecular weight is 274 g/mol. The average Bonchev–Trinajstić information content (AvgIpc) is 3.07. The lowest BCUT2D eigenvalue weighted by Gasteiger charge is -2.04. The molecule has 0 atom stereocenters. The summed E-state index contributed by atoms with van der Waals surface area (Å²) < 4.78 is 5.26. The van der Waals surface area contributed by atoms with E-state index in [4.69, 9.17) is 15.5 Å². The quantitative estimate of drug-likeness (QED) is 0.918. The van der Waals surface area contributed by atoms with Gasteiger partial charge in [0, 0.05) is 11.5 Å². The summed E-state index contributed by atoms with van der Waals surface area (Å²) in [6, 6.07) is 7.93. The first-order valence-electron chi connectivity index (χ1n) is 6.68. The van der Waals surface area contributed by atoms with Crippen molar-refractivity contribution in [3.05, 3.63) is 29.3 Å². The van der Waals surface area contributed by atoms with Crippen LogP contribution in [-0.2, 0) is 0 Å². The van der Waals surface area contributed by atoms with Crippen molar-refractivity contribution in [1.82, 2.24) is 4.98 Å². The van der Waals surface area contributed by atoms with Crippen molar-refractivity contribution in [1.29, 1.82) is 0 Å². The van der Waals surface area contributed by atoms with E-state index in [0.29, 0.717) is 5.92 Å². The van der Waals surface area contributed by atoms with E-state index in [1.165, 1.54) is 30.7 Å². The Hall–Kier alpha value is -1.55. The van der Waals surface area contributed by atoms with Crippen LogP contribution >= 0.6 is 11.3 Å². The van der Waals surface area contributed by atoms with Gasteiger partial charge in [-0.1, -0.05) is 25.0 Å². The fraction of sp³-hybridized carbons (Fsp3) is 0.400. The zero-order valence-corrected chi connectivity index (χ0v) is 11.9.